The zero-order valence-electron chi connectivity index (χ0n) is 6.68. The maximum Gasteiger partial charge on any atom is 0.0634 e. The van der Waals surface area contributed by atoms with Crippen LogP contribution in [0.2, 0.25) is 0 Å². The van der Waals surface area contributed by atoms with Gasteiger partial charge in [-0.05, 0) is 25.2 Å². The molecule has 0 bridgehead atoms. The van der Waals surface area contributed by atoms with Crippen molar-refractivity contribution in [1.29, 1.82) is 0 Å². The summed E-state index contributed by atoms with van der Waals surface area (Å²) in [4.78, 5) is 0. The molecule has 10 heavy (non-hydrogen) atoms. The van der Waals surface area contributed by atoms with E-state index in [0.29, 0.717) is 12.0 Å². The van der Waals surface area contributed by atoms with Crippen LogP contribution in [0.1, 0.15) is 26.2 Å². The average Bonchev–Trinajstić information content (AvgIpc) is 2.05. The molecule has 2 atom stereocenters. The highest BCUT2D eigenvalue weighted by atomic mass is 16.5. The number of hydrogen-bond acceptors (Lipinski definition) is 1. The molecule has 1 rings (SSSR count). The van der Waals surface area contributed by atoms with Crippen molar-refractivity contribution >= 4 is 0 Å². The van der Waals surface area contributed by atoms with Gasteiger partial charge in [0.2, 0.25) is 0 Å². The van der Waals surface area contributed by atoms with Gasteiger partial charge in [0.15, 0.2) is 0 Å². The Kier molecular flexibility index (Phi) is 2.94. The Morgan fingerprint density at radius 2 is 2.40 bits per heavy atom. The molecule has 1 fully saturated rings. The molecule has 1 aliphatic heterocycles. The molecule has 2 unspecified atom stereocenters. The zero-order chi connectivity index (χ0) is 7.40. The Labute approximate surface area is 63.1 Å². The first-order valence-electron chi connectivity index (χ1n) is 4.08. The fraction of sp³-hybridized carbons (Fsp3) is 0.778. The van der Waals surface area contributed by atoms with E-state index < -0.39 is 0 Å². The molecule has 1 aliphatic rings. The smallest absolute Gasteiger partial charge is 0.0634 e. The second kappa shape index (κ2) is 3.77. The first-order chi connectivity index (χ1) is 4.84. The second-order valence-corrected chi connectivity index (χ2v) is 3.00. The lowest BCUT2D eigenvalue weighted by Gasteiger charge is -2.25. The lowest BCUT2D eigenvalue weighted by atomic mass is 9.98. The third kappa shape index (κ3) is 1.84. The maximum atomic E-state index is 5.56. The molecule has 0 aliphatic carbocycles. The van der Waals surface area contributed by atoms with Crippen LogP contribution in [0.25, 0.3) is 0 Å². The Bertz CT molecular complexity index is 103. The average molecular weight is 140 g/mol. The molecular formula is C9H16O. The SMILES string of the molecule is C=CC(C)C1CCCCO1. The summed E-state index contributed by atoms with van der Waals surface area (Å²) in [5.74, 6) is 0.528. The number of ether oxygens (including phenoxy) is 1. The van der Waals surface area contributed by atoms with Crippen LogP contribution in [0.4, 0.5) is 0 Å². The van der Waals surface area contributed by atoms with E-state index >= 15 is 0 Å². The van der Waals surface area contributed by atoms with Crippen LogP contribution in [-0.4, -0.2) is 12.7 Å². The highest BCUT2D eigenvalue weighted by molar-refractivity contribution is 4.83. The number of rotatable bonds is 2. The molecule has 0 N–H and O–H groups in total. The Morgan fingerprint density at radius 3 is 2.90 bits per heavy atom. The molecule has 0 spiro atoms. The normalized spacial score (nSPS) is 29.5. The fourth-order valence-electron chi connectivity index (χ4n) is 1.33. The van der Waals surface area contributed by atoms with Gasteiger partial charge in [-0.15, -0.1) is 6.58 Å². The van der Waals surface area contributed by atoms with Crippen molar-refractivity contribution in [2.24, 2.45) is 5.92 Å². The topological polar surface area (TPSA) is 9.23 Å². The summed E-state index contributed by atoms with van der Waals surface area (Å²) < 4.78 is 5.56. The van der Waals surface area contributed by atoms with Gasteiger partial charge in [0.05, 0.1) is 6.10 Å². The van der Waals surface area contributed by atoms with Crippen LogP contribution in [0.3, 0.4) is 0 Å². The van der Waals surface area contributed by atoms with Crippen molar-refractivity contribution in [2.75, 3.05) is 6.61 Å². The summed E-state index contributed by atoms with van der Waals surface area (Å²) in [6, 6.07) is 0. The van der Waals surface area contributed by atoms with Gasteiger partial charge < -0.3 is 4.74 Å². The minimum Gasteiger partial charge on any atom is -0.378 e. The van der Waals surface area contributed by atoms with Gasteiger partial charge in [-0.25, -0.2) is 0 Å². The van der Waals surface area contributed by atoms with Gasteiger partial charge in [0.25, 0.3) is 0 Å². The van der Waals surface area contributed by atoms with E-state index in [9.17, 15) is 0 Å². The summed E-state index contributed by atoms with van der Waals surface area (Å²) in [5.41, 5.74) is 0. The summed E-state index contributed by atoms with van der Waals surface area (Å²) in [7, 11) is 0. The van der Waals surface area contributed by atoms with Crippen LogP contribution >= 0.6 is 0 Å². The summed E-state index contributed by atoms with van der Waals surface area (Å²) in [6.07, 6.45) is 6.21. The molecule has 0 aromatic carbocycles. The van der Waals surface area contributed by atoms with E-state index in [0.717, 1.165) is 6.61 Å². The lowest BCUT2D eigenvalue weighted by Crippen LogP contribution is -2.24. The molecule has 58 valence electrons. The lowest BCUT2D eigenvalue weighted by molar-refractivity contribution is -0.00472. The molecule has 0 aromatic heterocycles. The van der Waals surface area contributed by atoms with Crippen LogP contribution in [0.5, 0.6) is 0 Å². The molecular weight excluding hydrogens is 124 g/mol. The first-order valence-corrected chi connectivity index (χ1v) is 4.08. The summed E-state index contributed by atoms with van der Waals surface area (Å²) in [5, 5.41) is 0. The van der Waals surface area contributed by atoms with Crippen molar-refractivity contribution in [3.63, 3.8) is 0 Å². The van der Waals surface area contributed by atoms with Gasteiger partial charge in [-0.1, -0.05) is 13.0 Å². The van der Waals surface area contributed by atoms with E-state index in [-0.39, 0.29) is 0 Å². The van der Waals surface area contributed by atoms with Crippen molar-refractivity contribution in [3.8, 4) is 0 Å². The van der Waals surface area contributed by atoms with Crippen LogP contribution < -0.4 is 0 Å². The molecule has 1 heterocycles. The quantitative estimate of drug-likeness (QED) is 0.535. The van der Waals surface area contributed by atoms with Crippen LogP contribution in [-0.2, 0) is 4.74 Å². The predicted octanol–water partition coefficient (Wildman–Crippen LogP) is 2.38. The minimum absolute atomic E-state index is 0.450. The molecule has 1 nitrogen and oxygen atoms in total. The minimum atomic E-state index is 0.450. The van der Waals surface area contributed by atoms with Crippen molar-refractivity contribution in [1.82, 2.24) is 0 Å². The Balaban J connectivity index is 2.30. The van der Waals surface area contributed by atoms with E-state index in [2.05, 4.69) is 13.5 Å². The maximum absolute atomic E-state index is 5.56. The molecule has 1 heteroatoms. The van der Waals surface area contributed by atoms with Gasteiger partial charge in [0.1, 0.15) is 0 Å². The highest BCUT2D eigenvalue weighted by Gasteiger charge is 2.17. The fourth-order valence-corrected chi connectivity index (χ4v) is 1.33. The molecule has 1 saturated heterocycles. The van der Waals surface area contributed by atoms with Crippen molar-refractivity contribution in [2.45, 2.75) is 32.3 Å². The van der Waals surface area contributed by atoms with Crippen LogP contribution in [0, 0.1) is 5.92 Å². The number of hydrogen-bond donors (Lipinski definition) is 0. The zero-order valence-corrected chi connectivity index (χ0v) is 6.68. The third-order valence-electron chi connectivity index (χ3n) is 2.17. The monoisotopic (exact) mass is 140 g/mol. The van der Waals surface area contributed by atoms with E-state index in [4.69, 9.17) is 4.74 Å². The van der Waals surface area contributed by atoms with Gasteiger partial charge in [-0.3, -0.25) is 0 Å². The molecule has 0 saturated carbocycles. The van der Waals surface area contributed by atoms with Gasteiger partial charge in [0, 0.05) is 6.61 Å². The standard InChI is InChI=1S/C9H16O/c1-3-8(2)9-6-4-5-7-10-9/h3,8-9H,1,4-7H2,2H3. The van der Waals surface area contributed by atoms with Crippen LogP contribution in [0.15, 0.2) is 12.7 Å². The van der Waals surface area contributed by atoms with E-state index in [1.165, 1.54) is 19.3 Å². The molecule has 0 radical (unpaired) electrons. The predicted molar refractivity (Wildman–Crippen MR) is 43.0 cm³/mol. The molecule has 0 amide bonds. The summed E-state index contributed by atoms with van der Waals surface area (Å²) >= 11 is 0. The Morgan fingerprint density at radius 1 is 1.60 bits per heavy atom. The van der Waals surface area contributed by atoms with Crippen molar-refractivity contribution < 1.29 is 4.74 Å². The highest BCUT2D eigenvalue weighted by Crippen LogP contribution is 2.19. The first kappa shape index (κ1) is 7.80. The summed E-state index contributed by atoms with van der Waals surface area (Å²) in [6.45, 7) is 6.87. The third-order valence-corrected chi connectivity index (χ3v) is 2.17. The van der Waals surface area contributed by atoms with E-state index in [1.807, 2.05) is 6.08 Å². The Hall–Kier alpha value is -0.300. The largest absolute Gasteiger partial charge is 0.378 e. The van der Waals surface area contributed by atoms with Gasteiger partial charge >= 0.3 is 0 Å². The molecule has 0 aromatic rings. The van der Waals surface area contributed by atoms with Gasteiger partial charge in [-0.2, -0.15) is 0 Å². The van der Waals surface area contributed by atoms with Crippen molar-refractivity contribution in [3.05, 3.63) is 12.7 Å². The second-order valence-electron chi connectivity index (χ2n) is 3.00. The van der Waals surface area contributed by atoms with E-state index in [1.54, 1.807) is 0 Å².